The summed E-state index contributed by atoms with van der Waals surface area (Å²) < 4.78 is 11.4. The van der Waals surface area contributed by atoms with E-state index < -0.39 is 0 Å². The molecule has 5 nitrogen and oxygen atoms in total. The second-order valence-electron chi connectivity index (χ2n) is 10.1. The largest absolute Gasteiger partial charge is 0.465 e. The van der Waals surface area contributed by atoms with Crippen LogP contribution in [0, 0.1) is 28.6 Å². The number of fused-ring (bicyclic) bond motifs is 5. The summed E-state index contributed by atoms with van der Waals surface area (Å²) in [5, 5.41) is 0. The zero-order valence-corrected chi connectivity index (χ0v) is 18.2. The summed E-state index contributed by atoms with van der Waals surface area (Å²) >= 11 is 0. The topological polar surface area (TPSA) is 69.7 Å². The molecule has 5 heteroatoms. The summed E-state index contributed by atoms with van der Waals surface area (Å²) in [6.45, 7) is 7.67. The van der Waals surface area contributed by atoms with E-state index >= 15 is 0 Å². The van der Waals surface area contributed by atoms with E-state index in [1.165, 1.54) is 19.4 Å². The Morgan fingerprint density at radius 1 is 1.00 bits per heavy atom. The quantitative estimate of drug-likeness (QED) is 0.655. The number of hydrogen-bond donors (Lipinski definition) is 0. The average molecular weight is 403 g/mol. The van der Waals surface area contributed by atoms with Crippen LogP contribution >= 0.6 is 0 Å². The van der Waals surface area contributed by atoms with Crippen LogP contribution in [-0.2, 0) is 23.9 Å². The molecule has 4 aliphatic rings. The SMILES string of the molecule is CC(=O)OC[C@]12CCC(=O)C(C)=C1CC[C@@H]1[C@@H]2CC[C@]2(C)C(OC(C)=O)CC[C@@H]12. The molecule has 0 saturated heterocycles. The van der Waals surface area contributed by atoms with E-state index in [4.69, 9.17) is 9.47 Å². The van der Waals surface area contributed by atoms with Crippen LogP contribution < -0.4 is 0 Å². The van der Waals surface area contributed by atoms with E-state index in [9.17, 15) is 14.4 Å². The standard InChI is InChI=1S/C24H34O5/c1-14-18-6-5-17-19-7-8-22(29-16(3)26)23(19,4)11-9-20(17)24(18,12-10-21(14)27)13-28-15(2)25/h17,19-20,22H,5-13H2,1-4H3/t17-,19-,20-,22?,23-,24+/m0/s1. The average Bonchev–Trinajstić information content (AvgIpc) is 2.99. The van der Waals surface area contributed by atoms with Crippen molar-refractivity contribution in [2.45, 2.75) is 85.2 Å². The van der Waals surface area contributed by atoms with Crippen molar-refractivity contribution in [3.8, 4) is 0 Å². The van der Waals surface area contributed by atoms with Gasteiger partial charge < -0.3 is 9.47 Å². The van der Waals surface area contributed by atoms with Gasteiger partial charge in [-0.15, -0.1) is 0 Å². The molecule has 1 unspecified atom stereocenters. The molecule has 0 spiro atoms. The predicted molar refractivity (Wildman–Crippen MR) is 108 cm³/mol. The lowest BCUT2D eigenvalue weighted by Gasteiger charge is -2.58. The fraction of sp³-hybridized carbons (Fsp3) is 0.792. The first-order chi connectivity index (χ1) is 13.7. The molecule has 0 amide bonds. The van der Waals surface area contributed by atoms with Crippen molar-refractivity contribution in [1.29, 1.82) is 0 Å². The van der Waals surface area contributed by atoms with Crippen molar-refractivity contribution in [2.24, 2.45) is 28.6 Å². The molecule has 0 aromatic rings. The number of hydrogen-bond acceptors (Lipinski definition) is 5. The third-order valence-corrected chi connectivity index (χ3v) is 8.90. The number of esters is 2. The summed E-state index contributed by atoms with van der Waals surface area (Å²) in [5.74, 6) is 1.33. The third kappa shape index (κ3) is 3.16. The van der Waals surface area contributed by atoms with Crippen LogP contribution in [-0.4, -0.2) is 30.4 Å². The molecule has 6 atom stereocenters. The predicted octanol–water partition coefficient (Wildman–Crippen LogP) is 4.38. The number of ether oxygens (including phenoxy) is 2. The van der Waals surface area contributed by atoms with E-state index in [1.54, 1.807) is 0 Å². The molecule has 0 aromatic heterocycles. The minimum atomic E-state index is -0.244. The Kier molecular flexibility index (Phi) is 5.15. The first-order valence-corrected chi connectivity index (χ1v) is 11.2. The first kappa shape index (κ1) is 20.6. The molecule has 3 fully saturated rings. The minimum absolute atomic E-state index is 0.0157. The van der Waals surface area contributed by atoms with Gasteiger partial charge in [-0.1, -0.05) is 12.5 Å². The lowest BCUT2D eigenvalue weighted by Crippen LogP contribution is -2.54. The van der Waals surface area contributed by atoms with Gasteiger partial charge in [0.2, 0.25) is 0 Å². The van der Waals surface area contributed by atoms with Crippen LogP contribution in [0.3, 0.4) is 0 Å². The van der Waals surface area contributed by atoms with E-state index in [-0.39, 0.29) is 34.7 Å². The molecule has 0 N–H and O–H groups in total. The molecule has 0 aliphatic heterocycles. The molecule has 160 valence electrons. The summed E-state index contributed by atoms with van der Waals surface area (Å²) in [6.07, 6.45) is 7.48. The van der Waals surface area contributed by atoms with Crippen LogP contribution in [0.15, 0.2) is 11.1 Å². The smallest absolute Gasteiger partial charge is 0.302 e. The van der Waals surface area contributed by atoms with E-state index in [2.05, 4.69) is 6.92 Å². The van der Waals surface area contributed by atoms with Gasteiger partial charge in [-0.2, -0.15) is 0 Å². The molecule has 3 saturated carbocycles. The highest BCUT2D eigenvalue weighted by Crippen LogP contribution is 2.66. The zero-order valence-electron chi connectivity index (χ0n) is 18.2. The van der Waals surface area contributed by atoms with Crippen LogP contribution in [0.25, 0.3) is 0 Å². The van der Waals surface area contributed by atoms with Gasteiger partial charge in [-0.05, 0) is 75.2 Å². The molecule has 4 aliphatic carbocycles. The summed E-state index contributed by atoms with van der Waals surface area (Å²) in [4.78, 5) is 35.8. The third-order valence-electron chi connectivity index (χ3n) is 8.90. The maximum absolute atomic E-state index is 12.5. The Morgan fingerprint density at radius 3 is 2.45 bits per heavy atom. The minimum Gasteiger partial charge on any atom is -0.465 e. The molecule has 29 heavy (non-hydrogen) atoms. The highest BCUT2D eigenvalue weighted by molar-refractivity contribution is 5.96. The van der Waals surface area contributed by atoms with Gasteiger partial charge in [-0.25, -0.2) is 0 Å². The van der Waals surface area contributed by atoms with Gasteiger partial charge >= 0.3 is 11.9 Å². The van der Waals surface area contributed by atoms with Gasteiger partial charge in [0.25, 0.3) is 0 Å². The van der Waals surface area contributed by atoms with Crippen LogP contribution in [0.5, 0.6) is 0 Å². The number of rotatable bonds is 3. The van der Waals surface area contributed by atoms with Crippen molar-refractivity contribution < 1.29 is 23.9 Å². The van der Waals surface area contributed by atoms with E-state index in [1.807, 2.05) is 6.92 Å². The molecule has 0 bridgehead atoms. The van der Waals surface area contributed by atoms with Crippen molar-refractivity contribution in [3.63, 3.8) is 0 Å². The molecular weight excluding hydrogens is 368 g/mol. The Balaban J connectivity index is 1.68. The number of Topliss-reactive ketones (excluding diaryl/α,β-unsaturated/α-hetero) is 1. The Hall–Kier alpha value is -1.65. The summed E-state index contributed by atoms with van der Waals surface area (Å²) in [6, 6.07) is 0. The maximum Gasteiger partial charge on any atom is 0.302 e. The highest BCUT2D eigenvalue weighted by atomic mass is 16.5. The van der Waals surface area contributed by atoms with Crippen molar-refractivity contribution >= 4 is 17.7 Å². The van der Waals surface area contributed by atoms with Crippen LogP contribution in [0.1, 0.15) is 79.1 Å². The molecule has 0 radical (unpaired) electrons. The summed E-state index contributed by atoms with van der Waals surface area (Å²) in [5.41, 5.74) is 2.03. The second-order valence-corrected chi connectivity index (χ2v) is 10.1. The van der Waals surface area contributed by atoms with E-state index in [0.29, 0.717) is 30.8 Å². The maximum atomic E-state index is 12.5. The fourth-order valence-corrected chi connectivity index (χ4v) is 7.59. The van der Waals surface area contributed by atoms with Gasteiger partial charge in [0.05, 0.1) is 0 Å². The van der Waals surface area contributed by atoms with Gasteiger partial charge in [0.1, 0.15) is 12.7 Å². The normalized spacial score (nSPS) is 41.3. The van der Waals surface area contributed by atoms with Crippen LogP contribution in [0.4, 0.5) is 0 Å². The molecule has 0 heterocycles. The van der Waals surface area contributed by atoms with Crippen molar-refractivity contribution in [3.05, 3.63) is 11.1 Å². The monoisotopic (exact) mass is 402 g/mol. The van der Waals surface area contributed by atoms with Crippen LogP contribution in [0.2, 0.25) is 0 Å². The van der Waals surface area contributed by atoms with Gasteiger partial charge in [-0.3, -0.25) is 14.4 Å². The number of carbonyl (C=O) groups excluding carboxylic acids is 3. The zero-order chi connectivity index (χ0) is 21.0. The molecule has 0 aromatic carbocycles. The Bertz CT molecular complexity index is 767. The highest BCUT2D eigenvalue weighted by Gasteiger charge is 2.61. The second kappa shape index (κ2) is 7.24. The lowest BCUT2D eigenvalue weighted by atomic mass is 9.46. The summed E-state index contributed by atoms with van der Waals surface area (Å²) in [7, 11) is 0. The molecule has 4 rings (SSSR count). The fourth-order valence-electron chi connectivity index (χ4n) is 7.59. The van der Waals surface area contributed by atoms with E-state index in [0.717, 1.165) is 50.5 Å². The van der Waals surface area contributed by atoms with Crippen molar-refractivity contribution in [2.75, 3.05) is 6.61 Å². The number of ketones is 1. The van der Waals surface area contributed by atoms with Gasteiger partial charge in [0, 0.05) is 31.1 Å². The molecular formula is C24H34O5. The lowest BCUT2D eigenvalue weighted by molar-refractivity contribution is -0.159. The number of carbonyl (C=O) groups is 3. The first-order valence-electron chi connectivity index (χ1n) is 11.2. The van der Waals surface area contributed by atoms with Crippen molar-refractivity contribution in [1.82, 2.24) is 0 Å². The Labute approximate surface area is 173 Å². The Morgan fingerprint density at radius 2 is 1.76 bits per heavy atom. The van der Waals surface area contributed by atoms with Gasteiger partial charge in [0.15, 0.2) is 5.78 Å².